The van der Waals surface area contributed by atoms with E-state index in [0.29, 0.717) is 5.75 Å². The van der Waals surface area contributed by atoms with E-state index in [0.717, 1.165) is 17.7 Å². The summed E-state index contributed by atoms with van der Waals surface area (Å²) in [5.41, 5.74) is 1.25. The van der Waals surface area contributed by atoms with Gasteiger partial charge in [0.1, 0.15) is 11.5 Å². The minimum Gasteiger partial charge on any atom is -0.508 e. The second-order valence-corrected chi connectivity index (χ2v) is 4.73. The zero-order valence-electron chi connectivity index (χ0n) is 9.29. The molecule has 0 amide bonds. The fourth-order valence-corrected chi connectivity index (χ4v) is 1.47. The summed E-state index contributed by atoms with van der Waals surface area (Å²) < 4.78 is 5.24. The van der Waals surface area contributed by atoms with Crippen LogP contribution in [0.5, 0.6) is 11.5 Å². The van der Waals surface area contributed by atoms with Gasteiger partial charge in [-0.25, -0.2) is 0 Å². The second-order valence-electron chi connectivity index (χ2n) is 4.73. The van der Waals surface area contributed by atoms with Crippen molar-refractivity contribution in [3.63, 3.8) is 0 Å². The van der Waals surface area contributed by atoms with Gasteiger partial charge in [-0.3, -0.25) is 0 Å². The SMILES string of the molecule is COc1ccc(O)cc1CC(C)(C)C. The van der Waals surface area contributed by atoms with Crippen LogP contribution in [-0.2, 0) is 6.42 Å². The van der Waals surface area contributed by atoms with Crippen LogP contribution in [0.25, 0.3) is 0 Å². The second kappa shape index (κ2) is 3.91. The molecule has 0 heterocycles. The maximum absolute atomic E-state index is 9.37. The van der Waals surface area contributed by atoms with Crippen LogP contribution in [0.3, 0.4) is 0 Å². The number of benzene rings is 1. The third-order valence-electron chi connectivity index (χ3n) is 1.98. The number of hydrogen-bond acceptors (Lipinski definition) is 2. The number of methoxy groups -OCH3 is 1. The van der Waals surface area contributed by atoms with E-state index < -0.39 is 0 Å². The average molecular weight is 194 g/mol. The fourth-order valence-electron chi connectivity index (χ4n) is 1.47. The van der Waals surface area contributed by atoms with Crippen LogP contribution in [0.2, 0.25) is 0 Å². The average Bonchev–Trinajstić information content (AvgIpc) is 2.01. The van der Waals surface area contributed by atoms with Gasteiger partial charge >= 0.3 is 0 Å². The molecule has 1 aromatic carbocycles. The number of phenols is 1. The maximum Gasteiger partial charge on any atom is 0.122 e. The third kappa shape index (κ3) is 2.95. The number of aromatic hydroxyl groups is 1. The monoisotopic (exact) mass is 194 g/mol. The van der Waals surface area contributed by atoms with Gasteiger partial charge in [0, 0.05) is 0 Å². The lowest BCUT2D eigenvalue weighted by Gasteiger charge is -2.19. The Bertz CT molecular complexity index is 311. The fraction of sp³-hybridized carbons (Fsp3) is 0.500. The van der Waals surface area contributed by atoms with E-state index in [1.54, 1.807) is 25.3 Å². The zero-order valence-corrected chi connectivity index (χ0v) is 9.29. The molecule has 0 aliphatic heterocycles. The van der Waals surface area contributed by atoms with Crippen molar-refractivity contribution in [3.05, 3.63) is 23.8 Å². The van der Waals surface area contributed by atoms with E-state index in [2.05, 4.69) is 20.8 Å². The van der Waals surface area contributed by atoms with E-state index in [4.69, 9.17) is 4.74 Å². The molecule has 78 valence electrons. The lowest BCUT2D eigenvalue weighted by atomic mass is 9.88. The van der Waals surface area contributed by atoms with Gasteiger partial charge in [0.05, 0.1) is 7.11 Å². The quantitative estimate of drug-likeness (QED) is 0.784. The van der Waals surface area contributed by atoms with Gasteiger partial charge in [-0.1, -0.05) is 20.8 Å². The topological polar surface area (TPSA) is 29.5 Å². The van der Waals surface area contributed by atoms with E-state index in [9.17, 15) is 5.11 Å². The molecule has 0 saturated heterocycles. The Balaban J connectivity index is 2.99. The van der Waals surface area contributed by atoms with Crippen molar-refractivity contribution < 1.29 is 9.84 Å². The van der Waals surface area contributed by atoms with E-state index in [-0.39, 0.29) is 5.41 Å². The molecule has 0 radical (unpaired) electrons. The Morgan fingerprint density at radius 1 is 1.29 bits per heavy atom. The molecule has 1 rings (SSSR count). The van der Waals surface area contributed by atoms with Crippen LogP contribution in [0.1, 0.15) is 26.3 Å². The molecule has 0 saturated carbocycles. The van der Waals surface area contributed by atoms with Gasteiger partial charge in [0.2, 0.25) is 0 Å². The van der Waals surface area contributed by atoms with Crippen LogP contribution in [0, 0.1) is 5.41 Å². The zero-order chi connectivity index (χ0) is 10.8. The van der Waals surface area contributed by atoms with Crippen LogP contribution >= 0.6 is 0 Å². The number of ether oxygens (including phenoxy) is 1. The first-order valence-electron chi connectivity index (χ1n) is 4.78. The van der Waals surface area contributed by atoms with Crippen molar-refractivity contribution in [2.75, 3.05) is 7.11 Å². The number of phenolic OH excluding ortho intramolecular Hbond substituents is 1. The van der Waals surface area contributed by atoms with Crippen LogP contribution in [0.15, 0.2) is 18.2 Å². The summed E-state index contributed by atoms with van der Waals surface area (Å²) >= 11 is 0. The Labute approximate surface area is 85.5 Å². The highest BCUT2D eigenvalue weighted by Crippen LogP contribution is 2.29. The van der Waals surface area contributed by atoms with Crippen molar-refractivity contribution in [2.24, 2.45) is 5.41 Å². The highest BCUT2D eigenvalue weighted by molar-refractivity contribution is 5.40. The van der Waals surface area contributed by atoms with Crippen LogP contribution < -0.4 is 4.74 Å². The molecule has 2 heteroatoms. The number of rotatable bonds is 2. The molecule has 0 bridgehead atoms. The Hall–Kier alpha value is -1.18. The summed E-state index contributed by atoms with van der Waals surface area (Å²) in [6, 6.07) is 5.21. The molecule has 0 atom stereocenters. The summed E-state index contributed by atoms with van der Waals surface area (Å²) in [7, 11) is 1.65. The normalized spacial score (nSPS) is 11.4. The standard InChI is InChI=1S/C12H18O2/c1-12(2,3)8-9-7-10(13)5-6-11(9)14-4/h5-7,13H,8H2,1-4H3. The maximum atomic E-state index is 9.37. The van der Waals surface area contributed by atoms with Gasteiger partial charge < -0.3 is 9.84 Å². The van der Waals surface area contributed by atoms with Gasteiger partial charge in [-0.15, -0.1) is 0 Å². The summed E-state index contributed by atoms with van der Waals surface area (Å²) in [5, 5.41) is 9.37. The van der Waals surface area contributed by atoms with Crippen molar-refractivity contribution in [1.29, 1.82) is 0 Å². The number of hydrogen-bond donors (Lipinski definition) is 1. The lowest BCUT2D eigenvalue weighted by Crippen LogP contribution is -2.10. The Morgan fingerprint density at radius 3 is 2.43 bits per heavy atom. The smallest absolute Gasteiger partial charge is 0.122 e. The lowest BCUT2D eigenvalue weighted by molar-refractivity contribution is 0.376. The minimum atomic E-state index is 0.196. The molecule has 1 aromatic rings. The Kier molecular flexibility index (Phi) is 3.04. The molecule has 0 aromatic heterocycles. The summed E-state index contributed by atoms with van der Waals surface area (Å²) in [5.74, 6) is 1.14. The molecule has 0 spiro atoms. The summed E-state index contributed by atoms with van der Waals surface area (Å²) in [6.07, 6.45) is 0.893. The van der Waals surface area contributed by atoms with Crippen molar-refractivity contribution in [3.8, 4) is 11.5 Å². The van der Waals surface area contributed by atoms with Gasteiger partial charge in [0.25, 0.3) is 0 Å². The third-order valence-corrected chi connectivity index (χ3v) is 1.98. The van der Waals surface area contributed by atoms with Crippen molar-refractivity contribution in [2.45, 2.75) is 27.2 Å². The highest BCUT2D eigenvalue weighted by atomic mass is 16.5. The van der Waals surface area contributed by atoms with Crippen molar-refractivity contribution >= 4 is 0 Å². The van der Waals surface area contributed by atoms with E-state index in [1.807, 2.05) is 0 Å². The molecule has 0 fully saturated rings. The highest BCUT2D eigenvalue weighted by Gasteiger charge is 2.14. The van der Waals surface area contributed by atoms with E-state index >= 15 is 0 Å². The molecule has 0 aliphatic rings. The molecule has 0 unspecified atom stereocenters. The molecule has 1 N–H and O–H groups in total. The molecule has 0 aliphatic carbocycles. The van der Waals surface area contributed by atoms with Gasteiger partial charge in [-0.2, -0.15) is 0 Å². The predicted molar refractivity (Wildman–Crippen MR) is 57.8 cm³/mol. The molecular weight excluding hydrogens is 176 g/mol. The van der Waals surface area contributed by atoms with Crippen LogP contribution in [0.4, 0.5) is 0 Å². The van der Waals surface area contributed by atoms with Crippen molar-refractivity contribution in [1.82, 2.24) is 0 Å². The molecule has 14 heavy (non-hydrogen) atoms. The predicted octanol–water partition coefficient (Wildman–Crippen LogP) is 2.99. The van der Waals surface area contributed by atoms with Gasteiger partial charge in [-0.05, 0) is 35.6 Å². The van der Waals surface area contributed by atoms with Gasteiger partial charge in [0.15, 0.2) is 0 Å². The minimum absolute atomic E-state index is 0.196. The van der Waals surface area contributed by atoms with E-state index in [1.165, 1.54) is 0 Å². The first-order chi connectivity index (χ1) is 6.42. The Morgan fingerprint density at radius 2 is 1.93 bits per heavy atom. The molecule has 2 nitrogen and oxygen atoms in total. The molecular formula is C12H18O2. The van der Waals surface area contributed by atoms with Crippen LogP contribution in [-0.4, -0.2) is 12.2 Å². The largest absolute Gasteiger partial charge is 0.508 e. The first-order valence-corrected chi connectivity index (χ1v) is 4.78. The summed E-state index contributed by atoms with van der Waals surface area (Å²) in [4.78, 5) is 0. The summed E-state index contributed by atoms with van der Waals surface area (Å²) in [6.45, 7) is 6.49. The first kappa shape index (κ1) is 10.9.